The van der Waals surface area contributed by atoms with E-state index in [1.807, 2.05) is 13.0 Å². The molecule has 1 aliphatic rings. The summed E-state index contributed by atoms with van der Waals surface area (Å²) in [5, 5.41) is 2.77. The topological polar surface area (TPSA) is 144 Å². The molecule has 0 aliphatic carbocycles. The van der Waals surface area contributed by atoms with Crippen LogP contribution in [0.25, 0.3) is 11.2 Å². The van der Waals surface area contributed by atoms with Gasteiger partial charge in [-0.3, -0.25) is 14.2 Å². The predicted molar refractivity (Wildman–Crippen MR) is 134 cm³/mol. The number of nitrogens with one attached hydrogen (secondary N) is 1. The molecule has 13 heteroatoms. The zero-order chi connectivity index (χ0) is 26.4. The van der Waals surface area contributed by atoms with Crippen LogP contribution in [0.15, 0.2) is 43.0 Å². The molecule has 4 rings (SSSR count). The minimum absolute atomic E-state index is 0.128. The van der Waals surface area contributed by atoms with Crippen LogP contribution in [-0.4, -0.2) is 63.2 Å². The van der Waals surface area contributed by atoms with Crippen molar-refractivity contribution < 1.29 is 32.7 Å². The zero-order valence-electron chi connectivity index (χ0n) is 20.9. The third-order valence-electron chi connectivity index (χ3n) is 5.48. The molecule has 198 valence electrons. The number of benzene rings is 1. The number of anilines is 1. The second-order valence-electron chi connectivity index (χ2n) is 9.03. The lowest BCUT2D eigenvalue weighted by molar-refractivity contribution is -0.149. The van der Waals surface area contributed by atoms with Crippen molar-refractivity contribution in [3.05, 3.63) is 48.5 Å². The molecule has 1 fully saturated rings. The number of carbonyl (C=O) groups is 2. The van der Waals surface area contributed by atoms with Crippen LogP contribution < -0.4 is 5.32 Å². The largest absolute Gasteiger partial charge is 0.463 e. The Morgan fingerprint density at radius 1 is 1.14 bits per heavy atom. The van der Waals surface area contributed by atoms with E-state index in [2.05, 4.69) is 20.3 Å². The molecule has 0 saturated carbocycles. The van der Waals surface area contributed by atoms with Crippen LogP contribution in [0, 0.1) is 5.92 Å². The number of hydrogen-bond acceptors (Lipinski definition) is 10. The van der Waals surface area contributed by atoms with E-state index in [0.29, 0.717) is 29.1 Å². The summed E-state index contributed by atoms with van der Waals surface area (Å²) in [4.78, 5) is 37.1. The zero-order valence-corrected chi connectivity index (χ0v) is 21.8. The first-order chi connectivity index (χ1) is 17.7. The van der Waals surface area contributed by atoms with Gasteiger partial charge in [0.25, 0.3) is 5.91 Å². The van der Waals surface area contributed by atoms with Gasteiger partial charge in [-0.05, 0) is 32.9 Å². The molecular weight excluding hydrogens is 501 g/mol. The Labute approximate surface area is 214 Å². The first-order valence-electron chi connectivity index (χ1n) is 11.9. The molecule has 12 nitrogen and oxygen atoms in total. The third-order valence-corrected chi connectivity index (χ3v) is 7.03. The van der Waals surface area contributed by atoms with Crippen LogP contribution in [0.5, 0.6) is 0 Å². The average Bonchev–Trinajstić information content (AvgIpc) is 3.28. The number of ether oxygens (including phenoxy) is 2. The van der Waals surface area contributed by atoms with E-state index in [1.54, 1.807) is 49.0 Å². The van der Waals surface area contributed by atoms with Crippen LogP contribution in [0.1, 0.15) is 37.6 Å². The van der Waals surface area contributed by atoms with Crippen LogP contribution in [-0.2, 0) is 34.4 Å². The summed E-state index contributed by atoms with van der Waals surface area (Å²) in [6.07, 6.45) is 2.26. The first-order valence-corrected chi connectivity index (χ1v) is 13.7. The molecule has 0 bridgehead atoms. The van der Waals surface area contributed by atoms with Gasteiger partial charge in [-0.2, -0.15) is 0 Å². The van der Waals surface area contributed by atoms with E-state index in [4.69, 9.17) is 18.5 Å². The van der Waals surface area contributed by atoms with Gasteiger partial charge in [0.05, 0.1) is 44.7 Å². The Morgan fingerprint density at radius 2 is 1.86 bits per heavy atom. The summed E-state index contributed by atoms with van der Waals surface area (Å²) < 4.78 is 36.4. The number of nitrogens with zero attached hydrogens (tertiary/aromatic N) is 4. The highest BCUT2D eigenvalue weighted by Gasteiger charge is 2.34. The van der Waals surface area contributed by atoms with Gasteiger partial charge in [-0.25, -0.2) is 15.0 Å². The number of imidazole rings is 1. The molecular formula is C24H30N5O7P. The van der Waals surface area contributed by atoms with E-state index in [-0.39, 0.29) is 56.0 Å². The number of rotatable bonds is 10. The molecule has 37 heavy (non-hydrogen) atoms. The van der Waals surface area contributed by atoms with Crippen molar-refractivity contribution in [2.45, 2.75) is 45.9 Å². The summed E-state index contributed by atoms with van der Waals surface area (Å²) in [5.74, 6) is -0.568. The number of esters is 1. The molecule has 0 radical (unpaired) electrons. The summed E-state index contributed by atoms with van der Waals surface area (Å²) >= 11 is 0. The standard InChI is InChI=1S/C24H30N5O7P/c1-16(2)36-20(30)9-18-11-34-37(32,35-12-18)15-33-17(3)10-29-14-27-21-22(25-13-26-23(21)29)28-24(31)19-7-5-4-6-8-19/h4-8,13-14,16-18H,9-12,15H2,1-3H3,(H,25,26,28,31)/t17-,18?,37?/m1/s1. The van der Waals surface area contributed by atoms with Gasteiger partial charge in [0.1, 0.15) is 12.7 Å². The molecule has 1 N–H and O–H groups in total. The maximum atomic E-state index is 12.9. The fourth-order valence-electron chi connectivity index (χ4n) is 3.69. The molecule has 1 saturated heterocycles. The van der Waals surface area contributed by atoms with Crippen LogP contribution in [0.2, 0.25) is 0 Å². The predicted octanol–water partition coefficient (Wildman–Crippen LogP) is 3.64. The molecule has 1 aromatic carbocycles. The first kappa shape index (κ1) is 26.9. The van der Waals surface area contributed by atoms with Gasteiger partial charge in [0.2, 0.25) is 0 Å². The Balaban J connectivity index is 1.30. The fraction of sp³-hybridized carbons (Fsp3) is 0.458. The third kappa shape index (κ3) is 7.20. The van der Waals surface area contributed by atoms with Gasteiger partial charge in [-0.15, -0.1) is 0 Å². The van der Waals surface area contributed by atoms with Crippen molar-refractivity contribution in [1.82, 2.24) is 19.5 Å². The minimum atomic E-state index is -3.44. The van der Waals surface area contributed by atoms with Crippen LogP contribution in [0.3, 0.4) is 0 Å². The van der Waals surface area contributed by atoms with E-state index in [0.717, 1.165) is 0 Å². The molecule has 2 aromatic heterocycles. The average molecular weight is 532 g/mol. The second-order valence-corrected chi connectivity index (χ2v) is 11.0. The molecule has 3 heterocycles. The number of fused-ring (bicyclic) bond motifs is 1. The molecule has 1 amide bonds. The number of amides is 1. The molecule has 0 spiro atoms. The minimum Gasteiger partial charge on any atom is -0.463 e. The van der Waals surface area contributed by atoms with Gasteiger partial charge in [-0.1, -0.05) is 18.2 Å². The van der Waals surface area contributed by atoms with E-state index in [9.17, 15) is 14.2 Å². The molecule has 1 atom stereocenters. The Hall–Kier alpha value is -3.18. The highest BCUT2D eigenvalue weighted by atomic mass is 31.2. The number of carbonyl (C=O) groups excluding carboxylic acids is 2. The summed E-state index contributed by atoms with van der Waals surface area (Å²) in [6.45, 7) is 5.97. The molecule has 1 aliphatic heterocycles. The lowest BCUT2D eigenvalue weighted by atomic mass is 10.1. The molecule has 0 unspecified atom stereocenters. The second kappa shape index (κ2) is 11.9. The summed E-state index contributed by atoms with van der Waals surface area (Å²) in [6, 6.07) is 8.80. The lowest BCUT2D eigenvalue weighted by Gasteiger charge is -2.29. The number of hydrogen-bond donors (Lipinski definition) is 1. The van der Waals surface area contributed by atoms with Crippen LogP contribution in [0.4, 0.5) is 5.82 Å². The lowest BCUT2D eigenvalue weighted by Crippen LogP contribution is -2.27. The highest BCUT2D eigenvalue weighted by molar-refractivity contribution is 7.53. The van der Waals surface area contributed by atoms with E-state index in [1.165, 1.54) is 6.33 Å². The Bertz CT molecular complexity index is 1270. The Morgan fingerprint density at radius 3 is 2.57 bits per heavy atom. The van der Waals surface area contributed by atoms with Crippen molar-refractivity contribution in [1.29, 1.82) is 0 Å². The summed E-state index contributed by atoms with van der Waals surface area (Å²) in [7, 11) is -3.44. The van der Waals surface area contributed by atoms with Crippen molar-refractivity contribution in [3.63, 3.8) is 0 Å². The SMILES string of the molecule is CC(C)OC(=O)CC1COP(=O)(CO[C@H](C)Cn2cnc3c(NC(=O)c4ccccc4)ncnc32)OC1. The maximum Gasteiger partial charge on any atom is 0.356 e. The van der Waals surface area contributed by atoms with E-state index >= 15 is 0 Å². The fourth-order valence-corrected chi connectivity index (χ4v) is 5.22. The van der Waals surface area contributed by atoms with Crippen molar-refractivity contribution >= 4 is 36.5 Å². The maximum absolute atomic E-state index is 12.9. The number of aromatic nitrogens is 4. The van der Waals surface area contributed by atoms with Crippen molar-refractivity contribution in [2.75, 3.05) is 24.9 Å². The van der Waals surface area contributed by atoms with Crippen molar-refractivity contribution in [2.24, 2.45) is 5.92 Å². The normalized spacial score (nSPS) is 20.6. The van der Waals surface area contributed by atoms with Gasteiger partial charge >= 0.3 is 13.6 Å². The molecule has 3 aromatic rings. The van der Waals surface area contributed by atoms with Gasteiger partial charge in [0.15, 0.2) is 17.0 Å². The monoisotopic (exact) mass is 531 g/mol. The quantitative estimate of drug-likeness (QED) is 0.304. The van der Waals surface area contributed by atoms with Crippen LogP contribution >= 0.6 is 7.60 Å². The summed E-state index contributed by atoms with van der Waals surface area (Å²) in [5.41, 5.74) is 1.45. The Kier molecular flexibility index (Phi) is 8.65. The van der Waals surface area contributed by atoms with E-state index < -0.39 is 7.60 Å². The van der Waals surface area contributed by atoms with Gasteiger partial charge in [0, 0.05) is 11.5 Å². The highest BCUT2D eigenvalue weighted by Crippen LogP contribution is 2.51. The smallest absolute Gasteiger partial charge is 0.356 e. The van der Waals surface area contributed by atoms with Crippen molar-refractivity contribution in [3.8, 4) is 0 Å². The van der Waals surface area contributed by atoms with Gasteiger partial charge < -0.3 is 28.4 Å².